The van der Waals surface area contributed by atoms with Crippen LogP contribution in [0.2, 0.25) is 0 Å². The Kier molecular flexibility index (Phi) is 3.97. The molecule has 1 heterocycles. The van der Waals surface area contributed by atoms with E-state index in [4.69, 9.17) is 0 Å². The van der Waals surface area contributed by atoms with Crippen molar-refractivity contribution >= 4 is 11.7 Å². The number of likely N-dealkylation sites (N-methyl/N-ethyl adjacent to an activating group) is 1. The summed E-state index contributed by atoms with van der Waals surface area (Å²) in [6, 6.07) is 9.95. The molecule has 100 valence electrons. The zero-order valence-corrected chi connectivity index (χ0v) is 11.4. The average molecular weight is 258 g/mol. The van der Waals surface area contributed by atoms with Gasteiger partial charge in [-0.05, 0) is 33.0 Å². The number of nitrogens with one attached hydrogen (secondary N) is 2. The summed E-state index contributed by atoms with van der Waals surface area (Å²) in [5, 5.41) is 9.94. The Bertz CT molecular complexity index is 572. The van der Waals surface area contributed by atoms with Gasteiger partial charge in [0.2, 0.25) is 5.91 Å². The Morgan fingerprint density at radius 2 is 1.95 bits per heavy atom. The van der Waals surface area contributed by atoms with Gasteiger partial charge in [0.15, 0.2) is 5.82 Å². The molecule has 0 fully saturated rings. The minimum atomic E-state index is -0.101. The van der Waals surface area contributed by atoms with Crippen LogP contribution in [0.5, 0.6) is 0 Å². The first-order valence-electron chi connectivity index (χ1n) is 6.18. The zero-order chi connectivity index (χ0) is 13.8. The van der Waals surface area contributed by atoms with Gasteiger partial charge in [-0.2, -0.15) is 0 Å². The van der Waals surface area contributed by atoms with Crippen LogP contribution in [-0.4, -0.2) is 29.3 Å². The quantitative estimate of drug-likeness (QED) is 0.876. The molecule has 2 rings (SSSR count). The van der Waals surface area contributed by atoms with Crippen molar-refractivity contribution in [2.75, 3.05) is 18.9 Å². The lowest BCUT2D eigenvalue weighted by Crippen LogP contribution is -2.25. The number of carbonyl (C=O) groups is 1. The van der Waals surface area contributed by atoms with Crippen LogP contribution in [0.1, 0.15) is 11.3 Å². The monoisotopic (exact) mass is 258 g/mol. The summed E-state index contributed by atoms with van der Waals surface area (Å²) in [5.74, 6) is 0.467. The Morgan fingerprint density at radius 1 is 1.26 bits per heavy atom. The molecule has 0 atom stereocenters. The second-order valence-electron chi connectivity index (χ2n) is 4.50. The van der Waals surface area contributed by atoms with E-state index < -0.39 is 0 Å². The van der Waals surface area contributed by atoms with Crippen LogP contribution in [0, 0.1) is 13.8 Å². The Labute approximate surface area is 112 Å². The molecule has 0 unspecified atom stereocenters. The molecule has 0 saturated heterocycles. The molecule has 0 bridgehead atoms. The van der Waals surface area contributed by atoms with E-state index in [1.165, 1.54) is 5.56 Å². The molecular formula is C14H18N4O. The predicted molar refractivity (Wildman–Crippen MR) is 75.6 cm³/mol. The number of benzene rings is 1. The summed E-state index contributed by atoms with van der Waals surface area (Å²) in [7, 11) is 1.73. The molecule has 0 radical (unpaired) electrons. The lowest BCUT2D eigenvalue weighted by atomic mass is 10.2. The standard InChI is InChI=1S/C14H18N4O/c1-10-4-6-12(7-5-10)18-11(2)8-13(17-18)16-14(19)9-15-3/h4-8,15H,9H2,1-3H3,(H,16,17,19). The highest BCUT2D eigenvalue weighted by molar-refractivity contribution is 5.91. The topological polar surface area (TPSA) is 59.0 Å². The van der Waals surface area contributed by atoms with Crippen LogP contribution >= 0.6 is 0 Å². The number of nitrogens with zero attached hydrogens (tertiary/aromatic N) is 2. The molecule has 5 nitrogen and oxygen atoms in total. The van der Waals surface area contributed by atoms with Crippen LogP contribution < -0.4 is 10.6 Å². The minimum absolute atomic E-state index is 0.101. The first-order valence-corrected chi connectivity index (χ1v) is 6.18. The van der Waals surface area contributed by atoms with Crippen molar-refractivity contribution < 1.29 is 4.79 Å². The molecule has 1 aromatic carbocycles. The number of aryl methyl sites for hydroxylation is 2. The maximum absolute atomic E-state index is 11.5. The summed E-state index contributed by atoms with van der Waals surface area (Å²) in [6.45, 7) is 4.28. The van der Waals surface area contributed by atoms with Crippen molar-refractivity contribution in [3.05, 3.63) is 41.6 Å². The third-order valence-corrected chi connectivity index (χ3v) is 2.77. The van der Waals surface area contributed by atoms with Crippen molar-refractivity contribution in [3.8, 4) is 5.69 Å². The highest BCUT2D eigenvalue weighted by atomic mass is 16.2. The molecule has 0 aliphatic rings. The van der Waals surface area contributed by atoms with Gasteiger partial charge in [0, 0.05) is 11.8 Å². The average Bonchev–Trinajstić information content (AvgIpc) is 2.71. The normalized spacial score (nSPS) is 10.5. The van der Waals surface area contributed by atoms with Crippen LogP contribution in [0.25, 0.3) is 5.69 Å². The molecule has 19 heavy (non-hydrogen) atoms. The number of hydrogen-bond acceptors (Lipinski definition) is 3. The van der Waals surface area contributed by atoms with Crippen LogP contribution in [0.4, 0.5) is 5.82 Å². The van der Waals surface area contributed by atoms with Crippen molar-refractivity contribution in [2.45, 2.75) is 13.8 Å². The number of hydrogen-bond donors (Lipinski definition) is 2. The first-order chi connectivity index (χ1) is 9.10. The SMILES string of the molecule is CNCC(=O)Nc1cc(C)n(-c2ccc(C)cc2)n1. The second-order valence-corrected chi connectivity index (χ2v) is 4.50. The van der Waals surface area contributed by atoms with E-state index in [0.29, 0.717) is 5.82 Å². The summed E-state index contributed by atoms with van der Waals surface area (Å²) >= 11 is 0. The van der Waals surface area contributed by atoms with Gasteiger partial charge in [-0.3, -0.25) is 4.79 Å². The van der Waals surface area contributed by atoms with E-state index in [2.05, 4.69) is 15.7 Å². The minimum Gasteiger partial charge on any atom is -0.311 e. The molecule has 2 N–H and O–H groups in total. The van der Waals surface area contributed by atoms with E-state index in [0.717, 1.165) is 11.4 Å². The van der Waals surface area contributed by atoms with Gasteiger partial charge in [-0.15, -0.1) is 5.10 Å². The van der Waals surface area contributed by atoms with Gasteiger partial charge < -0.3 is 10.6 Å². The third-order valence-electron chi connectivity index (χ3n) is 2.77. The lowest BCUT2D eigenvalue weighted by Gasteiger charge is -2.04. The fraction of sp³-hybridized carbons (Fsp3) is 0.286. The highest BCUT2D eigenvalue weighted by Crippen LogP contribution is 2.15. The summed E-state index contributed by atoms with van der Waals surface area (Å²) in [6.07, 6.45) is 0. The maximum atomic E-state index is 11.5. The molecule has 0 spiro atoms. The zero-order valence-electron chi connectivity index (χ0n) is 11.4. The summed E-state index contributed by atoms with van der Waals surface area (Å²) in [4.78, 5) is 11.5. The number of amides is 1. The smallest absolute Gasteiger partial charge is 0.239 e. The molecule has 1 amide bonds. The molecule has 0 aliphatic heterocycles. The van der Waals surface area contributed by atoms with E-state index in [1.54, 1.807) is 7.05 Å². The van der Waals surface area contributed by atoms with Gasteiger partial charge in [0.05, 0.1) is 12.2 Å². The molecule has 1 aromatic heterocycles. The van der Waals surface area contributed by atoms with Gasteiger partial charge in [0.1, 0.15) is 0 Å². The second kappa shape index (κ2) is 5.67. The van der Waals surface area contributed by atoms with Gasteiger partial charge >= 0.3 is 0 Å². The Balaban J connectivity index is 2.21. The molecule has 0 aliphatic carbocycles. The fourth-order valence-electron chi connectivity index (χ4n) is 1.83. The fourth-order valence-corrected chi connectivity index (χ4v) is 1.83. The number of rotatable bonds is 4. The highest BCUT2D eigenvalue weighted by Gasteiger charge is 2.08. The van der Waals surface area contributed by atoms with Crippen LogP contribution in [-0.2, 0) is 4.79 Å². The van der Waals surface area contributed by atoms with E-state index in [1.807, 2.05) is 48.9 Å². The molecule has 0 saturated carbocycles. The number of aromatic nitrogens is 2. The van der Waals surface area contributed by atoms with Crippen LogP contribution in [0.15, 0.2) is 30.3 Å². The summed E-state index contributed by atoms with van der Waals surface area (Å²) < 4.78 is 1.81. The Morgan fingerprint density at radius 3 is 2.58 bits per heavy atom. The molecule has 2 aromatic rings. The largest absolute Gasteiger partial charge is 0.311 e. The number of carbonyl (C=O) groups excluding carboxylic acids is 1. The molecule has 5 heteroatoms. The van der Waals surface area contributed by atoms with E-state index in [9.17, 15) is 4.79 Å². The lowest BCUT2D eigenvalue weighted by molar-refractivity contribution is -0.115. The molecular weight excluding hydrogens is 240 g/mol. The van der Waals surface area contributed by atoms with E-state index >= 15 is 0 Å². The Hall–Kier alpha value is -2.14. The maximum Gasteiger partial charge on any atom is 0.239 e. The summed E-state index contributed by atoms with van der Waals surface area (Å²) in [5.41, 5.74) is 3.16. The van der Waals surface area contributed by atoms with Crippen molar-refractivity contribution in [1.82, 2.24) is 15.1 Å². The van der Waals surface area contributed by atoms with Crippen molar-refractivity contribution in [3.63, 3.8) is 0 Å². The third kappa shape index (κ3) is 3.20. The van der Waals surface area contributed by atoms with Gasteiger partial charge in [-0.1, -0.05) is 17.7 Å². The first kappa shape index (κ1) is 13.3. The van der Waals surface area contributed by atoms with Crippen LogP contribution in [0.3, 0.4) is 0 Å². The van der Waals surface area contributed by atoms with Gasteiger partial charge in [0.25, 0.3) is 0 Å². The predicted octanol–water partition coefficient (Wildman–Crippen LogP) is 1.65. The van der Waals surface area contributed by atoms with Crippen molar-refractivity contribution in [2.24, 2.45) is 0 Å². The van der Waals surface area contributed by atoms with E-state index in [-0.39, 0.29) is 12.5 Å². The van der Waals surface area contributed by atoms with Crippen molar-refractivity contribution in [1.29, 1.82) is 0 Å². The van der Waals surface area contributed by atoms with Gasteiger partial charge in [-0.25, -0.2) is 4.68 Å². The number of anilines is 1.